The van der Waals surface area contributed by atoms with E-state index in [0.717, 1.165) is 12.0 Å². The van der Waals surface area contributed by atoms with Crippen LogP contribution in [0.2, 0.25) is 0 Å². The van der Waals surface area contributed by atoms with Crippen LogP contribution >= 0.6 is 0 Å². The molecule has 6 heteroatoms. The summed E-state index contributed by atoms with van der Waals surface area (Å²) in [6.45, 7) is 9.13. The molecule has 2 aliphatic rings. The maximum absolute atomic E-state index is 6.05. The highest BCUT2D eigenvalue weighted by Gasteiger charge is 2.52. The zero-order valence-corrected chi connectivity index (χ0v) is 13.6. The molecule has 0 bridgehead atoms. The molecular weight excluding hydrogens is 265 g/mol. The third-order valence-electron chi connectivity index (χ3n) is 4.95. The number of nitrogens with zero attached hydrogens (tertiary/aromatic N) is 3. The van der Waals surface area contributed by atoms with E-state index in [4.69, 9.17) is 9.31 Å². The van der Waals surface area contributed by atoms with Crippen LogP contribution in [-0.4, -0.2) is 41.4 Å². The molecule has 2 fully saturated rings. The van der Waals surface area contributed by atoms with E-state index in [9.17, 15) is 0 Å². The summed E-state index contributed by atoms with van der Waals surface area (Å²) in [5, 5.41) is 4.46. The Labute approximate surface area is 126 Å². The van der Waals surface area contributed by atoms with Crippen LogP contribution in [0.15, 0.2) is 17.4 Å². The summed E-state index contributed by atoms with van der Waals surface area (Å²) in [6, 6.07) is 0. The van der Waals surface area contributed by atoms with E-state index < -0.39 is 0 Å². The van der Waals surface area contributed by atoms with Crippen molar-refractivity contribution in [3.63, 3.8) is 0 Å². The van der Waals surface area contributed by atoms with Gasteiger partial charge in [0.2, 0.25) is 0 Å². The quantitative estimate of drug-likeness (QED) is 0.625. The van der Waals surface area contributed by atoms with Gasteiger partial charge < -0.3 is 14.3 Å². The molecule has 1 aliphatic heterocycles. The van der Waals surface area contributed by atoms with Gasteiger partial charge in [0.25, 0.3) is 0 Å². The predicted molar refractivity (Wildman–Crippen MR) is 84.0 cm³/mol. The Kier molecular flexibility index (Phi) is 3.30. The minimum atomic E-state index is -0.334. The second-order valence-corrected chi connectivity index (χ2v) is 7.31. The molecular formula is C15H24BN3O2. The van der Waals surface area contributed by atoms with Crippen molar-refractivity contribution in [1.82, 2.24) is 9.78 Å². The van der Waals surface area contributed by atoms with Crippen LogP contribution in [0.1, 0.15) is 40.5 Å². The molecule has 0 amide bonds. The van der Waals surface area contributed by atoms with Gasteiger partial charge in [0.05, 0.1) is 17.7 Å². The van der Waals surface area contributed by atoms with Crippen molar-refractivity contribution in [2.75, 3.05) is 7.05 Å². The lowest BCUT2D eigenvalue weighted by molar-refractivity contribution is 0.00578. The number of hydrogen-bond acceptors (Lipinski definition) is 4. The first-order chi connectivity index (χ1) is 9.77. The van der Waals surface area contributed by atoms with Gasteiger partial charge in [-0.3, -0.25) is 4.68 Å². The smallest absolute Gasteiger partial charge is 0.399 e. The standard InChI is InChI=1S/C15H24BN3O2/c1-13(2)14(3,4)21-16(20-13)12-8-18-19(9-12)11-15(6-7-15)10-17-5/h8-10H,6-7,11H2,1-5H3/b17-10-. The normalized spacial score (nSPS) is 25.7. The summed E-state index contributed by atoms with van der Waals surface area (Å²) < 4.78 is 14.1. The van der Waals surface area contributed by atoms with Crippen molar-refractivity contribution >= 4 is 18.8 Å². The molecule has 5 nitrogen and oxygen atoms in total. The summed E-state index contributed by atoms with van der Waals surface area (Å²) >= 11 is 0. The highest BCUT2D eigenvalue weighted by molar-refractivity contribution is 6.61. The molecule has 1 aliphatic carbocycles. The van der Waals surface area contributed by atoms with Crippen molar-refractivity contribution in [2.24, 2.45) is 10.4 Å². The Morgan fingerprint density at radius 1 is 1.29 bits per heavy atom. The van der Waals surface area contributed by atoms with Crippen molar-refractivity contribution in [1.29, 1.82) is 0 Å². The first kappa shape index (κ1) is 14.8. The second-order valence-electron chi connectivity index (χ2n) is 7.31. The second kappa shape index (κ2) is 4.68. The van der Waals surface area contributed by atoms with Crippen LogP contribution in [0.4, 0.5) is 0 Å². The zero-order chi connectivity index (χ0) is 15.3. The molecule has 1 saturated carbocycles. The van der Waals surface area contributed by atoms with Crippen LogP contribution in [0, 0.1) is 5.41 Å². The summed E-state index contributed by atoms with van der Waals surface area (Å²) in [5.74, 6) is 0. The minimum absolute atomic E-state index is 0.216. The average Bonchev–Trinajstić information content (AvgIpc) is 2.88. The highest BCUT2D eigenvalue weighted by atomic mass is 16.7. The van der Waals surface area contributed by atoms with E-state index in [2.05, 4.69) is 44.0 Å². The van der Waals surface area contributed by atoms with Gasteiger partial charge in [-0.15, -0.1) is 0 Å². The van der Waals surface area contributed by atoms with Gasteiger partial charge in [-0.25, -0.2) is 0 Å². The van der Waals surface area contributed by atoms with E-state index in [-0.39, 0.29) is 23.7 Å². The SMILES string of the molecule is C/N=C\C1(Cn2cc(B3OC(C)(C)C(C)(C)O3)cn2)CC1. The van der Waals surface area contributed by atoms with E-state index in [0.29, 0.717) is 0 Å². The largest absolute Gasteiger partial charge is 0.498 e. The molecule has 2 heterocycles. The Morgan fingerprint density at radius 2 is 1.90 bits per heavy atom. The van der Waals surface area contributed by atoms with Gasteiger partial charge in [0.15, 0.2) is 0 Å². The van der Waals surface area contributed by atoms with Gasteiger partial charge in [0.1, 0.15) is 0 Å². The Bertz CT molecular complexity index is 545. The topological polar surface area (TPSA) is 48.6 Å². The summed E-state index contributed by atoms with van der Waals surface area (Å²) in [6.07, 6.45) is 8.32. The minimum Gasteiger partial charge on any atom is -0.399 e. The molecule has 1 saturated heterocycles. The van der Waals surface area contributed by atoms with Crippen molar-refractivity contribution in [2.45, 2.75) is 58.3 Å². The van der Waals surface area contributed by atoms with Crippen LogP contribution in [0.5, 0.6) is 0 Å². The Hall–Kier alpha value is -1.14. The van der Waals surface area contributed by atoms with Crippen LogP contribution in [0.25, 0.3) is 0 Å². The fourth-order valence-electron chi connectivity index (χ4n) is 2.65. The van der Waals surface area contributed by atoms with Gasteiger partial charge >= 0.3 is 7.12 Å². The number of aromatic nitrogens is 2. The van der Waals surface area contributed by atoms with E-state index >= 15 is 0 Å². The van der Waals surface area contributed by atoms with E-state index in [1.54, 1.807) is 0 Å². The van der Waals surface area contributed by atoms with Crippen LogP contribution in [0.3, 0.4) is 0 Å². The molecule has 21 heavy (non-hydrogen) atoms. The number of aliphatic imine (C=N–C) groups is 1. The molecule has 0 atom stereocenters. The van der Waals surface area contributed by atoms with Gasteiger partial charge in [-0.05, 0) is 40.5 Å². The molecule has 0 aromatic carbocycles. The average molecular weight is 289 g/mol. The molecule has 114 valence electrons. The summed E-state index contributed by atoms with van der Waals surface area (Å²) in [7, 11) is 1.50. The van der Waals surface area contributed by atoms with Gasteiger partial charge in [0, 0.05) is 36.5 Å². The Balaban J connectivity index is 1.72. The number of rotatable bonds is 4. The fraction of sp³-hybridized carbons (Fsp3) is 0.733. The molecule has 1 aromatic heterocycles. The molecule has 0 spiro atoms. The third-order valence-corrected chi connectivity index (χ3v) is 4.95. The lowest BCUT2D eigenvalue weighted by Crippen LogP contribution is -2.41. The van der Waals surface area contributed by atoms with E-state index in [1.165, 1.54) is 12.8 Å². The van der Waals surface area contributed by atoms with Crippen molar-refractivity contribution in [3.8, 4) is 0 Å². The first-order valence-corrected chi connectivity index (χ1v) is 7.58. The lowest BCUT2D eigenvalue weighted by Gasteiger charge is -2.32. The van der Waals surface area contributed by atoms with Crippen molar-refractivity contribution in [3.05, 3.63) is 12.4 Å². The fourth-order valence-corrected chi connectivity index (χ4v) is 2.65. The van der Waals surface area contributed by atoms with E-state index in [1.807, 2.05) is 24.1 Å². The highest BCUT2D eigenvalue weighted by Crippen LogP contribution is 2.45. The summed E-state index contributed by atoms with van der Waals surface area (Å²) in [4.78, 5) is 4.17. The molecule has 0 unspecified atom stereocenters. The third kappa shape index (κ3) is 2.67. The molecule has 0 N–H and O–H groups in total. The molecule has 3 rings (SSSR count). The van der Waals surface area contributed by atoms with Gasteiger partial charge in [-0.2, -0.15) is 5.10 Å². The summed E-state index contributed by atoms with van der Waals surface area (Å²) in [5.41, 5.74) is 0.574. The zero-order valence-electron chi connectivity index (χ0n) is 13.6. The maximum Gasteiger partial charge on any atom is 0.498 e. The lowest BCUT2D eigenvalue weighted by atomic mass is 9.82. The monoisotopic (exact) mass is 289 g/mol. The Morgan fingerprint density at radius 3 is 2.43 bits per heavy atom. The van der Waals surface area contributed by atoms with Crippen molar-refractivity contribution < 1.29 is 9.31 Å². The van der Waals surface area contributed by atoms with Crippen LogP contribution < -0.4 is 5.46 Å². The first-order valence-electron chi connectivity index (χ1n) is 7.58. The molecule has 0 radical (unpaired) electrons. The molecule has 1 aromatic rings. The maximum atomic E-state index is 6.05. The van der Waals surface area contributed by atoms with Gasteiger partial charge in [-0.1, -0.05) is 0 Å². The predicted octanol–water partition coefficient (Wildman–Crippen LogP) is 1.66. The van der Waals surface area contributed by atoms with Crippen LogP contribution in [-0.2, 0) is 15.9 Å². The number of hydrogen-bond donors (Lipinski definition) is 0.